The number of rotatable bonds is 6. The number of hydrogen-bond acceptors (Lipinski definition) is 5. The van der Waals surface area contributed by atoms with Gasteiger partial charge in [-0.05, 0) is 18.2 Å². The van der Waals surface area contributed by atoms with Gasteiger partial charge in [0.25, 0.3) is 5.91 Å². The predicted octanol–water partition coefficient (Wildman–Crippen LogP) is -1.63. The van der Waals surface area contributed by atoms with Crippen LogP contribution in [-0.4, -0.2) is 51.5 Å². The monoisotopic (exact) mass is 294 g/mol. The number of aromatic amines is 1. The number of H-pyrrole nitrogens is 1. The molecule has 0 saturated carbocycles. The van der Waals surface area contributed by atoms with Crippen LogP contribution in [0.2, 0.25) is 0 Å². The Morgan fingerprint density at radius 2 is 2.10 bits per heavy atom. The number of aromatic nitrogens is 2. The zero-order valence-corrected chi connectivity index (χ0v) is 11.4. The van der Waals surface area contributed by atoms with Gasteiger partial charge in [0.1, 0.15) is 0 Å². The topological polar surface area (TPSA) is 133 Å². The molecule has 0 bridgehead atoms. The molecule has 2 aromatic rings. The second-order valence-electron chi connectivity index (χ2n) is 4.64. The molecule has 1 aromatic carbocycles. The van der Waals surface area contributed by atoms with Crippen LogP contribution < -0.4 is 16.7 Å². The third kappa shape index (κ3) is 3.13. The van der Waals surface area contributed by atoms with E-state index < -0.39 is 11.9 Å². The van der Waals surface area contributed by atoms with Crippen LogP contribution in [0, 0.1) is 0 Å². The molecule has 0 aliphatic rings. The van der Waals surface area contributed by atoms with Gasteiger partial charge in [-0.3, -0.25) is 9.36 Å². The Bertz CT molecular complexity index is 687. The highest BCUT2D eigenvalue weighted by Gasteiger charge is 2.14. The number of fused-ring (bicyclic) bond motifs is 1. The van der Waals surface area contributed by atoms with Gasteiger partial charge in [0, 0.05) is 18.7 Å². The van der Waals surface area contributed by atoms with Crippen LogP contribution in [0.15, 0.2) is 23.0 Å². The number of nitrogens with one attached hydrogen (secondary N) is 2. The summed E-state index contributed by atoms with van der Waals surface area (Å²) >= 11 is 0. The Morgan fingerprint density at radius 1 is 1.38 bits per heavy atom. The Labute approximate surface area is 120 Å². The van der Waals surface area contributed by atoms with Gasteiger partial charge in [-0.15, -0.1) is 0 Å². The molecule has 0 saturated heterocycles. The first-order valence-electron chi connectivity index (χ1n) is 6.56. The molecule has 8 nitrogen and oxygen atoms in total. The molecule has 6 N–H and O–H groups in total. The first-order chi connectivity index (χ1) is 10.1. The smallest absolute Gasteiger partial charge is 0.326 e. The Balaban J connectivity index is 2.35. The minimum Gasteiger partial charge on any atom is -0.394 e. The van der Waals surface area contributed by atoms with Crippen molar-refractivity contribution in [3.05, 3.63) is 34.2 Å². The van der Waals surface area contributed by atoms with E-state index in [1.807, 2.05) is 0 Å². The lowest BCUT2D eigenvalue weighted by atomic mass is 10.1. The van der Waals surface area contributed by atoms with Crippen molar-refractivity contribution < 1.29 is 15.0 Å². The molecule has 8 heteroatoms. The average Bonchev–Trinajstić information content (AvgIpc) is 2.80. The molecular formula is C13H18N4O4. The molecule has 1 aromatic heterocycles. The van der Waals surface area contributed by atoms with Crippen molar-refractivity contribution in [2.45, 2.75) is 12.6 Å². The molecule has 0 aliphatic heterocycles. The summed E-state index contributed by atoms with van der Waals surface area (Å²) in [7, 11) is 0. The van der Waals surface area contributed by atoms with Crippen LogP contribution in [0.3, 0.4) is 0 Å². The maximum absolute atomic E-state index is 12.0. The number of carbonyl (C=O) groups excluding carboxylic acids is 1. The van der Waals surface area contributed by atoms with Crippen LogP contribution in [0.5, 0.6) is 0 Å². The summed E-state index contributed by atoms with van der Waals surface area (Å²) in [6, 6.07) is 4.05. The summed E-state index contributed by atoms with van der Waals surface area (Å²) in [4.78, 5) is 26.5. The number of benzene rings is 1. The zero-order chi connectivity index (χ0) is 15.4. The van der Waals surface area contributed by atoms with E-state index in [1.54, 1.807) is 18.2 Å². The first kappa shape index (κ1) is 15.2. The van der Waals surface area contributed by atoms with Crippen LogP contribution in [-0.2, 0) is 6.54 Å². The van der Waals surface area contributed by atoms with Gasteiger partial charge < -0.3 is 26.2 Å². The van der Waals surface area contributed by atoms with E-state index in [4.69, 9.17) is 15.9 Å². The molecule has 0 spiro atoms. The number of amides is 1. The van der Waals surface area contributed by atoms with Gasteiger partial charge in [0.2, 0.25) is 0 Å². The van der Waals surface area contributed by atoms with E-state index in [1.165, 1.54) is 4.57 Å². The lowest BCUT2D eigenvalue weighted by Gasteiger charge is -2.13. The molecule has 0 aliphatic carbocycles. The van der Waals surface area contributed by atoms with Gasteiger partial charge >= 0.3 is 5.69 Å². The third-order valence-corrected chi connectivity index (χ3v) is 3.17. The maximum atomic E-state index is 12.0. The second kappa shape index (κ2) is 6.53. The molecule has 2 rings (SSSR count). The van der Waals surface area contributed by atoms with Crippen molar-refractivity contribution in [2.24, 2.45) is 5.73 Å². The van der Waals surface area contributed by atoms with Gasteiger partial charge in [0.15, 0.2) is 0 Å². The normalized spacial score (nSPS) is 11.2. The van der Waals surface area contributed by atoms with E-state index in [0.717, 1.165) is 0 Å². The largest absolute Gasteiger partial charge is 0.394 e. The highest BCUT2D eigenvalue weighted by atomic mass is 16.3. The minimum atomic E-state index is -0.717. The fourth-order valence-corrected chi connectivity index (χ4v) is 2.06. The fraction of sp³-hybridized carbons (Fsp3) is 0.385. The Hall–Kier alpha value is -2.16. The van der Waals surface area contributed by atoms with Crippen molar-refractivity contribution in [2.75, 3.05) is 19.8 Å². The lowest BCUT2D eigenvalue weighted by molar-refractivity contribution is 0.0879. The fourth-order valence-electron chi connectivity index (χ4n) is 2.06. The molecule has 1 amide bonds. The summed E-state index contributed by atoms with van der Waals surface area (Å²) < 4.78 is 1.46. The molecule has 0 unspecified atom stereocenters. The molecule has 21 heavy (non-hydrogen) atoms. The summed E-state index contributed by atoms with van der Waals surface area (Å²) in [5.41, 5.74) is 6.72. The van der Waals surface area contributed by atoms with Gasteiger partial charge in [0.05, 0.1) is 30.3 Å². The van der Waals surface area contributed by atoms with Crippen molar-refractivity contribution in [3.63, 3.8) is 0 Å². The quantitative estimate of drug-likeness (QED) is 0.436. The third-order valence-electron chi connectivity index (χ3n) is 3.17. The van der Waals surface area contributed by atoms with Gasteiger partial charge in [-0.1, -0.05) is 0 Å². The highest BCUT2D eigenvalue weighted by molar-refractivity contribution is 5.97. The van der Waals surface area contributed by atoms with Crippen molar-refractivity contribution in [1.82, 2.24) is 14.9 Å². The summed E-state index contributed by atoms with van der Waals surface area (Å²) in [6.45, 7) is -0.0563. The number of carbonyl (C=O) groups is 1. The minimum absolute atomic E-state index is 0.281. The average molecular weight is 294 g/mol. The van der Waals surface area contributed by atoms with Crippen LogP contribution in [0.1, 0.15) is 10.4 Å². The van der Waals surface area contributed by atoms with Crippen LogP contribution >= 0.6 is 0 Å². The SMILES string of the molecule is NCCn1c(=O)[nH]c2ccc(C(=O)NC(CO)CO)cc21. The molecule has 114 valence electrons. The molecule has 0 atom stereocenters. The molecule has 1 heterocycles. The molecule has 0 fully saturated rings. The number of aliphatic hydroxyl groups excluding tert-OH is 2. The van der Waals surface area contributed by atoms with E-state index in [9.17, 15) is 9.59 Å². The molecular weight excluding hydrogens is 276 g/mol. The number of imidazole rings is 1. The van der Waals surface area contributed by atoms with Gasteiger partial charge in [-0.25, -0.2) is 4.79 Å². The first-order valence-corrected chi connectivity index (χ1v) is 6.56. The number of nitrogens with zero attached hydrogens (tertiary/aromatic N) is 1. The number of nitrogens with two attached hydrogens (primary N) is 1. The van der Waals surface area contributed by atoms with Gasteiger partial charge in [-0.2, -0.15) is 0 Å². The lowest BCUT2D eigenvalue weighted by Crippen LogP contribution is -2.40. The van der Waals surface area contributed by atoms with Crippen LogP contribution in [0.25, 0.3) is 11.0 Å². The maximum Gasteiger partial charge on any atom is 0.326 e. The molecule has 0 radical (unpaired) electrons. The summed E-state index contributed by atoms with van der Waals surface area (Å²) in [5.74, 6) is -0.432. The number of hydrogen-bond donors (Lipinski definition) is 5. The summed E-state index contributed by atoms with van der Waals surface area (Å²) in [6.07, 6.45) is 0. The van der Waals surface area contributed by atoms with Crippen molar-refractivity contribution in [3.8, 4) is 0 Å². The van der Waals surface area contributed by atoms with E-state index >= 15 is 0 Å². The van der Waals surface area contributed by atoms with Crippen LogP contribution in [0.4, 0.5) is 0 Å². The second-order valence-corrected chi connectivity index (χ2v) is 4.64. The van der Waals surface area contributed by atoms with Crippen molar-refractivity contribution in [1.29, 1.82) is 0 Å². The summed E-state index contributed by atoms with van der Waals surface area (Å²) in [5, 5.41) is 20.4. The standard InChI is InChI=1S/C13H18N4O4/c14-3-4-17-11-5-8(1-2-10(11)16-13(17)21)12(20)15-9(6-18)7-19/h1-2,5,9,18-19H,3-4,6-7,14H2,(H,15,20)(H,16,21). The van der Waals surface area contributed by atoms with E-state index in [-0.39, 0.29) is 18.9 Å². The van der Waals surface area contributed by atoms with Crippen molar-refractivity contribution >= 4 is 16.9 Å². The Kier molecular flexibility index (Phi) is 4.73. The zero-order valence-electron chi connectivity index (χ0n) is 11.4. The highest BCUT2D eigenvalue weighted by Crippen LogP contribution is 2.13. The Morgan fingerprint density at radius 3 is 2.71 bits per heavy atom. The van der Waals surface area contributed by atoms with E-state index in [2.05, 4.69) is 10.3 Å². The van der Waals surface area contributed by atoms with E-state index in [0.29, 0.717) is 29.7 Å². The number of aliphatic hydroxyl groups is 2. The predicted molar refractivity (Wildman–Crippen MR) is 77.0 cm³/mol.